The number of ether oxygens (including phenoxy) is 5. The Morgan fingerprint density at radius 2 is 1.70 bits per heavy atom. The predicted octanol–water partition coefficient (Wildman–Crippen LogP) is 2.62. The van der Waals surface area contributed by atoms with Gasteiger partial charge in [0.2, 0.25) is 0 Å². The molecule has 3 heterocycles. The fraction of sp³-hybridized carbons (Fsp3) is 0.645. The van der Waals surface area contributed by atoms with Crippen molar-refractivity contribution in [2.24, 2.45) is 28.1 Å². The molecular formula is C31H38O12. The largest absolute Gasteiger partial charge is 0.472 e. The maximum absolute atomic E-state index is 15.1. The van der Waals surface area contributed by atoms with Gasteiger partial charge >= 0.3 is 23.9 Å². The van der Waals surface area contributed by atoms with Crippen molar-refractivity contribution >= 4 is 29.7 Å². The number of hydrogen-bond acceptors (Lipinski definition) is 12. The van der Waals surface area contributed by atoms with Crippen LogP contribution in [0.3, 0.4) is 0 Å². The van der Waals surface area contributed by atoms with Gasteiger partial charge < -0.3 is 33.2 Å². The zero-order chi connectivity index (χ0) is 31.9. The Balaban J connectivity index is 1.79. The molecule has 1 N–H and O–H groups in total. The normalized spacial score (nSPS) is 41.3. The maximum Gasteiger partial charge on any atom is 0.309 e. The van der Waals surface area contributed by atoms with Crippen molar-refractivity contribution in [2.75, 3.05) is 7.11 Å². The number of fused-ring (bicyclic) bond motifs is 2. The van der Waals surface area contributed by atoms with E-state index in [0.717, 1.165) is 0 Å². The molecule has 5 rings (SSSR count). The van der Waals surface area contributed by atoms with Crippen molar-refractivity contribution in [2.45, 2.75) is 90.5 Å². The van der Waals surface area contributed by atoms with Crippen molar-refractivity contribution < 1.29 is 57.2 Å². The van der Waals surface area contributed by atoms with Crippen molar-refractivity contribution in [1.82, 2.24) is 0 Å². The van der Waals surface area contributed by atoms with Gasteiger partial charge in [-0.3, -0.25) is 24.0 Å². The number of hydrogen-bond donors (Lipinski definition) is 1. The standard InChI is InChI=1S/C31H38O12/c1-14-21-23(37)29(6)18(11-19(34)38-8)28(4,5)26(41-16(3)33)22(36)27(29)43-31(14)12-20(35)42-24(17-9-10-39-13-17)30(31,7)25(21)40-15(2)32/h9-10,13,18,21-22,24-27,36H,1,11-12H2,2-8H3/t18-,21-,22-,24-,25-,26+,27-,29-,30+,31-/m0/s1. The first kappa shape index (κ1) is 30.9. The smallest absolute Gasteiger partial charge is 0.309 e. The number of carbonyl (C=O) groups excluding carboxylic acids is 5. The highest BCUT2D eigenvalue weighted by Crippen LogP contribution is 2.71. The molecule has 12 nitrogen and oxygen atoms in total. The van der Waals surface area contributed by atoms with Gasteiger partial charge in [-0.1, -0.05) is 20.4 Å². The Kier molecular flexibility index (Phi) is 7.21. The maximum atomic E-state index is 15.1. The zero-order valence-corrected chi connectivity index (χ0v) is 25.3. The third-order valence-electron chi connectivity index (χ3n) is 10.6. The highest BCUT2D eigenvalue weighted by molar-refractivity contribution is 5.94. The van der Waals surface area contributed by atoms with Crippen LogP contribution in [0.1, 0.15) is 66.1 Å². The average Bonchev–Trinajstić information content (AvgIpc) is 3.50. The molecule has 1 spiro atoms. The Labute approximate surface area is 249 Å². The van der Waals surface area contributed by atoms with E-state index in [9.17, 15) is 24.3 Å². The molecule has 0 aromatic carbocycles. The van der Waals surface area contributed by atoms with Crippen LogP contribution in [-0.4, -0.2) is 71.9 Å². The lowest BCUT2D eigenvalue weighted by atomic mass is 9.49. The second-order valence-corrected chi connectivity index (χ2v) is 13.1. The second kappa shape index (κ2) is 10.0. The third kappa shape index (κ3) is 4.05. The summed E-state index contributed by atoms with van der Waals surface area (Å²) >= 11 is 0. The van der Waals surface area contributed by atoms with E-state index in [-0.39, 0.29) is 12.0 Å². The van der Waals surface area contributed by atoms with Crippen molar-refractivity contribution in [3.8, 4) is 0 Å². The summed E-state index contributed by atoms with van der Waals surface area (Å²) < 4.78 is 34.6. The summed E-state index contributed by atoms with van der Waals surface area (Å²) in [6.45, 7) is 13.4. The summed E-state index contributed by atoms with van der Waals surface area (Å²) in [5, 5.41) is 12.0. The van der Waals surface area contributed by atoms with Crippen LogP contribution in [0.25, 0.3) is 0 Å². The molecule has 234 valence electrons. The van der Waals surface area contributed by atoms with Crippen molar-refractivity contribution in [3.05, 3.63) is 36.3 Å². The van der Waals surface area contributed by atoms with E-state index in [1.165, 1.54) is 33.5 Å². The molecule has 43 heavy (non-hydrogen) atoms. The third-order valence-corrected chi connectivity index (χ3v) is 10.6. The van der Waals surface area contributed by atoms with Crippen LogP contribution in [0.5, 0.6) is 0 Å². The minimum Gasteiger partial charge on any atom is -0.472 e. The Morgan fingerprint density at radius 3 is 2.26 bits per heavy atom. The van der Waals surface area contributed by atoms with E-state index in [1.54, 1.807) is 33.8 Å². The first-order chi connectivity index (χ1) is 20.0. The topological polar surface area (TPSA) is 165 Å². The number of esters is 4. The van der Waals surface area contributed by atoms with Gasteiger partial charge in [-0.2, -0.15) is 0 Å². The molecule has 2 saturated heterocycles. The average molecular weight is 603 g/mol. The van der Waals surface area contributed by atoms with Crippen molar-refractivity contribution in [1.29, 1.82) is 0 Å². The fourth-order valence-electron chi connectivity index (χ4n) is 8.57. The highest BCUT2D eigenvalue weighted by Gasteiger charge is 2.80. The molecule has 2 saturated carbocycles. The summed E-state index contributed by atoms with van der Waals surface area (Å²) in [6, 6.07) is 1.60. The minimum absolute atomic E-state index is 0.192. The Bertz CT molecular complexity index is 1380. The predicted molar refractivity (Wildman–Crippen MR) is 145 cm³/mol. The van der Waals surface area contributed by atoms with E-state index in [1.807, 2.05) is 0 Å². The quantitative estimate of drug-likeness (QED) is 0.298. The Morgan fingerprint density at radius 1 is 1.07 bits per heavy atom. The molecule has 4 fully saturated rings. The summed E-state index contributed by atoms with van der Waals surface area (Å²) in [5.41, 5.74) is -5.26. The summed E-state index contributed by atoms with van der Waals surface area (Å²) in [5.74, 6) is -5.26. The highest BCUT2D eigenvalue weighted by atomic mass is 16.6. The van der Waals surface area contributed by atoms with E-state index in [2.05, 4.69) is 6.58 Å². The summed E-state index contributed by atoms with van der Waals surface area (Å²) in [6.07, 6.45) is -4.36. The molecule has 2 aliphatic heterocycles. The van der Waals surface area contributed by atoms with Crippen LogP contribution in [0, 0.1) is 28.1 Å². The molecule has 0 unspecified atom stereocenters. The molecular weight excluding hydrogens is 564 g/mol. The first-order valence-corrected chi connectivity index (χ1v) is 14.2. The number of cyclic esters (lactones) is 1. The molecule has 4 aliphatic rings. The fourth-order valence-corrected chi connectivity index (χ4v) is 8.57. The number of aliphatic hydroxyl groups excluding tert-OH is 1. The molecule has 0 radical (unpaired) electrons. The van der Waals surface area contributed by atoms with Gasteiger partial charge in [0.05, 0.1) is 49.2 Å². The minimum atomic E-state index is -1.69. The monoisotopic (exact) mass is 602 g/mol. The van der Waals surface area contributed by atoms with Gasteiger partial charge in [0.1, 0.15) is 36.1 Å². The SMILES string of the molecule is C=C1[C@H]2C(=O)[C@@]3(C)[C@@H](O[C@@]14CC(=O)O[C@@H](c1ccoc1)[C@]4(C)[C@H]2OC(C)=O)[C@@H](O)[C@@H](OC(C)=O)C(C)(C)[C@@H]3CC(=O)OC. The second-order valence-electron chi connectivity index (χ2n) is 13.1. The summed E-state index contributed by atoms with van der Waals surface area (Å²) in [4.78, 5) is 66.1. The van der Waals surface area contributed by atoms with E-state index < -0.39 is 100 Å². The lowest BCUT2D eigenvalue weighted by molar-refractivity contribution is -0.297. The number of Topliss-reactive ketones (excluding diaryl/α,β-unsaturated/α-hetero) is 1. The van der Waals surface area contributed by atoms with E-state index in [0.29, 0.717) is 5.56 Å². The van der Waals surface area contributed by atoms with Crippen LogP contribution < -0.4 is 0 Å². The number of rotatable bonds is 5. The number of aliphatic hydroxyl groups is 1. The lowest BCUT2D eigenvalue weighted by Gasteiger charge is -2.61. The number of furan rings is 1. The van der Waals surface area contributed by atoms with Gasteiger partial charge in [0, 0.05) is 24.8 Å². The number of methoxy groups -OCH3 is 1. The van der Waals surface area contributed by atoms with Gasteiger partial charge in [-0.25, -0.2) is 0 Å². The lowest BCUT2D eigenvalue weighted by Crippen LogP contribution is -2.72. The Hall–Kier alpha value is -3.51. The van der Waals surface area contributed by atoms with Crippen LogP contribution >= 0.6 is 0 Å². The molecule has 2 aliphatic carbocycles. The summed E-state index contributed by atoms with van der Waals surface area (Å²) in [7, 11) is 1.22. The molecule has 12 heteroatoms. The van der Waals surface area contributed by atoms with Gasteiger partial charge in [-0.15, -0.1) is 0 Å². The molecule has 0 amide bonds. The van der Waals surface area contributed by atoms with E-state index in [4.69, 9.17) is 28.1 Å². The van der Waals surface area contributed by atoms with E-state index >= 15 is 4.79 Å². The van der Waals surface area contributed by atoms with Gasteiger partial charge in [0.15, 0.2) is 5.78 Å². The molecule has 1 aromatic rings. The van der Waals surface area contributed by atoms with Crippen molar-refractivity contribution in [3.63, 3.8) is 0 Å². The van der Waals surface area contributed by atoms with Gasteiger partial charge in [-0.05, 0) is 31.4 Å². The number of carbonyl (C=O) groups is 5. The van der Waals surface area contributed by atoms with Crippen LogP contribution in [0.4, 0.5) is 0 Å². The first-order valence-electron chi connectivity index (χ1n) is 14.2. The van der Waals surface area contributed by atoms with Gasteiger partial charge in [0.25, 0.3) is 0 Å². The molecule has 2 bridgehead atoms. The number of ketones is 1. The zero-order valence-electron chi connectivity index (χ0n) is 25.3. The molecule has 10 atom stereocenters. The van der Waals surface area contributed by atoms with Crippen LogP contribution in [-0.2, 0) is 47.7 Å². The van der Waals surface area contributed by atoms with Crippen LogP contribution in [0.2, 0.25) is 0 Å². The molecule has 1 aromatic heterocycles. The van der Waals surface area contributed by atoms with Crippen LogP contribution in [0.15, 0.2) is 35.2 Å².